The molecule has 0 heterocycles. The molecule has 0 aliphatic heterocycles. The van der Waals surface area contributed by atoms with Gasteiger partial charge in [-0.15, -0.1) is 0 Å². The number of hydrogen-bond acceptors (Lipinski definition) is 3. The van der Waals surface area contributed by atoms with Crippen LogP contribution in [-0.2, 0) is 13.6 Å². The van der Waals surface area contributed by atoms with Crippen molar-refractivity contribution in [3.63, 3.8) is 0 Å². The van der Waals surface area contributed by atoms with Crippen LogP contribution in [-0.4, -0.2) is 19.4 Å². The highest BCUT2D eigenvalue weighted by Crippen LogP contribution is 2.49. The van der Waals surface area contributed by atoms with Crippen molar-refractivity contribution in [3.05, 3.63) is 0 Å². The Morgan fingerprint density at radius 2 is 1.43 bits per heavy atom. The van der Waals surface area contributed by atoms with Gasteiger partial charge in [0.05, 0.1) is 19.4 Å². The van der Waals surface area contributed by atoms with E-state index < -0.39 is 7.60 Å². The summed E-state index contributed by atoms with van der Waals surface area (Å²) in [5, 5.41) is 0. The van der Waals surface area contributed by atoms with Gasteiger partial charge in [-0.3, -0.25) is 4.57 Å². The minimum atomic E-state index is -2.77. The van der Waals surface area contributed by atoms with E-state index in [-0.39, 0.29) is 0 Å². The summed E-state index contributed by atoms with van der Waals surface area (Å²) in [6.07, 6.45) is 4.25. The van der Waals surface area contributed by atoms with Crippen molar-refractivity contribution in [2.45, 2.75) is 46.5 Å². The summed E-state index contributed by atoms with van der Waals surface area (Å²) in [4.78, 5) is 0. The van der Waals surface area contributed by atoms with Crippen LogP contribution in [0.1, 0.15) is 46.5 Å². The molecular weight excluding hydrogens is 199 g/mol. The number of rotatable bonds is 9. The van der Waals surface area contributed by atoms with Gasteiger partial charge in [-0.1, -0.05) is 27.2 Å². The Kier molecular flexibility index (Phi) is 8.55. The summed E-state index contributed by atoms with van der Waals surface area (Å²) in [6.45, 7) is 7.15. The second kappa shape index (κ2) is 8.46. The molecular formula is C10H23O3P. The topological polar surface area (TPSA) is 35.5 Å². The van der Waals surface area contributed by atoms with Gasteiger partial charge >= 0.3 is 7.60 Å². The summed E-state index contributed by atoms with van der Waals surface area (Å²) >= 11 is 0. The van der Waals surface area contributed by atoms with Crippen LogP contribution in [0.2, 0.25) is 0 Å². The van der Waals surface area contributed by atoms with Gasteiger partial charge < -0.3 is 9.05 Å². The van der Waals surface area contributed by atoms with Gasteiger partial charge in [0.25, 0.3) is 0 Å². The molecule has 0 aliphatic carbocycles. The third-order valence-electron chi connectivity index (χ3n) is 1.77. The molecule has 0 rings (SSSR count). The molecule has 0 N–H and O–H groups in total. The summed E-state index contributed by atoms with van der Waals surface area (Å²) in [5.74, 6) is 0. The maximum atomic E-state index is 12.0. The normalized spacial score (nSPS) is 11.9. The first-order valence-corrected chi connectivity index (χ1v) is 7.29. The van der Waals surface area contributed by atoms with Crippen LogP contribution >= 0.6 is 7.60 Å². The largest absolute Gasteiger partial charge is 0.330 e. The van der Waals surface area contributed by atoms with E-state index in [4.69, 9.17) is 9.05 Å². The fourth-order valence-corrected chi connectivity index (χ4v) is 2.94. The molecule has 86 valence electrons. The van der Waals surface area contributed by atoms with Crippen LogP contribution in [0.3, 0.4) is 0 Å². The van der Waals surface area contributed by atoms with Crippen molar-refractivity contribution < 1.29 is 13.6 Å². The minimum Gasteiger partial charge on any atom is -0.309 e. The molecule has 0 aromatic rings. The zero-order valence-corrected chi connectivity index (χ0v) is 10.5. The standard InChI is InChI=1S/C10H23O3P/c1-4-7-10-14(11,12-8-5-2)13-9-6-3/h4-10H2,1-3H3. The number of unbranched alkanes of at least 4 members (excludes halogenated alkanes) is 1. The molecule has 0 radical (unpaired) electrons. The summed E-state index contributed by atoms with van der Waals surface area (Å²) in [6, 6.07) is 0. The maximum absolute atomic E-state index is 12.0. The van der Waals surface area contributed by atoms with E-state index in [1.54, 1.807) is 0 Å². The Morgan fingerprint density at radius 3 is 1.79 bits per heavy atom. The molecule has 0 aromatic carbocycles. The summed E-state index contributed by atoms with van der Waals surface area (Å²) in [7, 11) is -2.77. The fraction of sp³-hybridized carbons (Fsp3) is 1.00. The molecule has 0 spiro atoms. The zero-order valence-electron chi connectivity index (χ0n) is 9.62. The van der Waals surface area contributed by atoms with Gasteiger partial charge in [0, 0.05) is 0 Å². The Labute approximate surface area is 87.7 Å². The summed E-state index contributed by atoms with van der Waals surface area (Å²) in [5.41, 5.74) is 0. The van der Waals surface area contributed by atoms with Crippen LogP contribution in [0.15, 0.2) is 0 Å². The highest BCUT2D eigenvalue weighted by Gasteiger charge is 2.22. The third-order valence-corrected chi connectivity index (χ3v) is 3.79. The van der Waals surface area contributed by atoms with E-state index >= 15 is 0 Å². The van der Waals surface area contributed by atoms with Crippen molar-refractivity contribution in [3.8, 4) is 0 Å². The van der Waals surface area contributed by atoms with E-state index in [9.17, 15) is 4.57 Å². The Bertz CT molecular complexity index is 142. The maximum Gasteiger partial charge on any atom is 0.330 e. The second-order valence-corrected chi connectivity index (χ2v) is 5.54. The lowest BCUT2D eigenvalue weighted by Crippen LogP contribution is -2.02. The van der Waals surface area contributed by atoms with Gasteiger partial charge in [0.1, 0.15) is 0 Å². The van der Waals surface area contributed by atoms with Crippen LogP contribution in [0.5, 0.6) is 0 Å². The molecule has 0 saturated heterocycles. The molecule has 0 aromatic heterocycles. The van der Waals surface area contributed by atoms with E-state index in [1.807, 2.05) is 13.8 Å². The average molecular weight is 222 g/mol. The van der Waals surface area contributed by atoms with Gasteiger partial charge in [0.15, 0.2) is 0 Å². The first kappa shape index (κ1) is 14.2. The average Bonchev–Trinajstić information content (AvgIpc) is 2.21. The SMILES string of the molecule is CCCCP(=O)(OCCC)OCCC. The smallest absolute Gasteiger partial charge is 0.309 e. The molecule has 0 aliphatic rings. The predicted molar refractivity (Wildman–Crippen MR) is 59.9 cm³/mol. The lowest BCUT2D eigenvalue weighted by atomic mass is 10.4. The monoisotopic (exact) mass is 222 g/mol. The van der Waals surface area contributed by atoms with Crippen LogP contribution in [0, 0.1) is 0 Å². The van der Waals surface area contributed by atoms with Crippen molar-refractivity contribution >= 4 is 7.60 Å². The lowest BCUT2D eigenvalue weighted by Gasteiger charge is -2.17. The highest BCUT2D eigenvalue weighted by molar-refractivity contribution is 7.53. The van der Waals surface area contributed by atoms with Crippen molar-refractivity contribution in [2.75, 3.05) is 19.4 Å². The lowest BCUT2D eigenvalue weighted by molar-refractivity contribution is 0.204. The molecule has 4 heteroatoms. The molecule has 0 saturated carbocycles. The van der Waals surface area contributed by atoms with E-state index in [2.05, 4.69) is 6.92 Å². The quantitative estimate of drug-likeness (QED) is 0.556. The molecule has 0 atom stereocenters. The van der Waals surface area contributed by atoms with E-state index in [0.29, 0.717) is 19.4 Å². The van der Waals surface area contributed by atoms with Crippen LogP contribution in [0.25, 0.3) is 0 Å². The van der Waals surface area contributed by atoms with E-state index in [1.165, 1.54) is 0 Å². The van der Waals surface area contributed by atoms with Gasteiger partial charge in [0.2, 0.25) is 0 Å². The number of hydrogen-bond donors (Lipinski definition) is 0. The minimum absolute atomic E-state index is 0.532. The van der Waals surface area contributed by atoms with Gasteiger partial charge in [-0.2, -0.15) is 0 Å². The molecule has 14 heavy (non-hydrogen) atoms. The fourth-order valence-electron chi connectivity index (χ4n) is 0.979. The van der Waals surface area contributed by atoms with Crippen molar-refractivity contribution in [1.29, 1.82) is 0 Å². The van der Waals surface area contributed by atoms with Crippen molar-refractivity contribution in [1.82, 2.24) is 0 Å². The Balaban J connectivity index is 3.97. The molecule has 0 unspecified atom stereocenters. The first-order chi connectivity index (χ1) is 6.68. The first-order valence-electron chi connectivity index (χ1n) is 5.56. The van der Waals surface area contributed by atoms with Crippen LogP contribution in [0.4, 0.5) is 0 Å². The van der Waals surface area contributed by atoms with Gasteiger partial charge in [-0.25, -0.2) is 0 Å². The predicted octanol–water partition coefficient (Wildman–Crippen LogP) is 3.83. The molecule has 0 fully saturated rings. The molecule has 3 nitrogen and oxygen atoms in total. The van der Waals surface area contributed by atoms with Crippen LogP contribution < -0.4 is 0 Å². The molecule has 0 amide bonds. The Hall–Kier alpha value is 0.150. The van der Waals surface area contributed by atoms with Gasteiger partial charge in [-0.05, 0) is 19.3 Å². The molecule has 0 bridgehead atoms. The third kappa shape index (κ3) is 6.58. The van der Waals surface area contributed by atoms with Crippen molar-refractivity contribution in [2.24, 2.45) is 0 Å². The highest BCUT2D eigenvalue weighted by atomic mass is 31.2. The Morgan fingerprint density at radius 1 is 0.929 bits per heavy atom. The second-order valence-electron chi connectivity index (χ2n) is 3.35. The zero-order chi connectivity index (χ0) is 10.9. The van der Waals surface area contributed by atoms with E-state index in [0.717, 1.165) is 25.7 Å². The summed E-state index contributed by atoms with van der Waals surface area (Å²) < 4.78 is 22.7.